The van der Waals surface area contributed by atoms with Crippen LogP contribution >= 0.6 is 0 Å². The van der Waals surface area contributed by atoms with Crippen molar-refractivity contribution in [3.05, 3.63) is 0 Å². The van der Waals surface area contributed by atoms with Crippen LogP contribution in [0.15, 0.2) is 0 Å². The van der Waals surface area contributed by atoms with Crippen LogP contribution in [0.2, 0.25) is 0 Å². The molecule has 100 valence electrons. The first kappa shape index (κ1) is 13.4. The minimum absolute atomic E-state index is 0.221. The minimum Gasteiger partial charge on any atom is -0.381 e. The van der Waals surface area contributed by atoms with E-state index in [-0.39, 0.29) is 5.60 Å². The lowest BCUT2D eigenvalue weighted by Gasteiger charge is -2.37. The maximum Gasteiger partial charge on any atom is 0.0706 e. The summed E-state index contributed by atoms with van der Waals surface area (Å²) in [7, 11) is 1.88. The highest BCUT2D eigenvalue weighted by molar-refractivity contribution is 5.00. The molecule has 2 fully saturated rings. The molecule has 2 rings (SSSR count). The molecule has 3 atom stereocenters. The highest BCUT2D eigenvalue weighted by Gasteiger charge is 2.48. The van der Waals surface area contributed by atoms with Crippen molar-refractivity contribution >= 4 is 0 Å². The average Bonchev–Trinajstić information content (AvgIpc) is 3.10. The molecule has 0 amide bonds. The Morgan fingerprint density at radius 2 is 2.00 bits per heavy atom. The Hall–Kier alpha value is -0.0800. The molecule has 2 aliphatic rings. The van der Waals surface area contributed by atoms with Gasteiger partial charge >= 0.3 is 0 Å². The number of hydrogen-bond acceptors (Lipinski definition) is 2. The lowest BCUT2D eigenvalue weighted by atomic mass is 9.75. The molecule has 17 heavy (non-hydrogen) atoms. The van der Waals surface area contributed by atoms with E-state index in [0.29, 0.717) is 5.92 Å². The third kappa shape index (κ3) is 2.85. The maximum absolute atomic E-state index is 5.71. The SMILES string of the molecule is COC1(C(C)CC2COCCC2C(C)C)CC1. The molecule has 1 heterocycles. The number of hydrogen-bond donors (Lipinski definition) is 0. The standard InChI is InChI=1S/C15H28O2/c1-11(2)14-5-8-17-10-13(14)9-12(3)15(16-4)6-7-15/h11-14H,5-10H2,1-4H3. The minimum atomic E-state index is 0.221. The van der Waals surface area contributed by atoms with Crippen molar-refractivity contribution in [3.8, 4) is 0 Å². The van der Waals surface area contributed by atoms with Gasteiger partial charge < -0.3 is 9.47 Å². The van der Waals surface area contributed by atoms with E-state index in [2.05, 4.69) is 20.8 Å². The van der Waals surface area contributed by atoms with Crippen LogP contribution in [0.3, 0.4) is 0 Å². The van der Waals surface area contributed by atoms with Gasteiger partial charge in [0.1, 0.15) is 0 Å². The van der Waals surface area contributed by atoms with Gasteiger partial charge in [0.25, 0.3) is 0 Å². The van der Waals surface area contributed by atoms with Gasteiger partial charge in [-0.1, -0.05) is 20.8 Å². The Morgan fingerprint density at radius 3 is 2.53 bits per heavy atom. The van der Waals surface area contributed by atoms with E-state index >= 15 is 0 Å². The van der Waals surface area contributed by atoms with Crippen LogP contribution in [0.1, 0.15) is 46.5 Å². The van der Waals surface area contributed by atoms with Crippen molar-refractivity contribution in [2.45, 2.75) is 52.1 Å². The molecule has 1 aliphatic heterocycles. The van der Waals surface area contributed by atoms with Crippen LogP contribution in [0.25, 0.3) is 0 Å². The molecular formula is C15H28O2. The third-order valence-electron chi connectivity index (χ3n) is 5.09. The van der Waals surface area contributed by atoms with Gasteiger partial charge in [-0.15, -0.1) is 0 Å². The van der Waals surface area contributed by atoms with Crippen molar-refractivity contribution in [2.75, 3.05) is 20.3 Å². The van der Waals surface area contributed by atoms with Crippen LogP contribution in [0.5, 0.6) is 0 Å². The maximum atomic E-state index is 5.71. The zero-order valence-electron chi connectivity index (χ0n) is 11.9. The van der Waals surface area contributed by atoms with Crippen LogP contribution in [-0.4, -0.2) is 25.9 Å². The second-order valence-electron chi connectivity index (χ2n) is 6.44. The zero-order valence-corrected chi connectivity index (χ0v) is 11.9. The van der Waals surface area contributed by atoms with Gasteiger partial charge in [-0.05, 0) is 49.4 Å². The molecule has 0 aromatic rings. The molecule has 2 nitrogen and oxygen atoms in total. The van der Waals surface area contributed by atoms with Gasteiger partial charge in [0.15, 0.2) is 0 Å². The lowest BCUT2D eigenvalue weighted by molar-refractivity contribution is -0.0305. The first-order valence-electron chi connectivity index (χ1n) is 7.22. The van der Waals surface area contributed by atoms with E-state index in [1.54, 1.807) is 0 Å². The number of methoxy groups -OCH3 is 1. The summed E-state index contributed by atoms with van der Waals surface area (Å²) in [4.78, 5) is 0. The summed E-state index contributed by atoms with van der Waals surface area (Å²) in [5.74, 6) is 3.06. The zero-order chi connectivity index (χ0) is 12.5. The van der Waals surface area contributed by atoms with E-state index in [1.165, 1.54) is 25.7 Å². The molecule has 0 aromatic heterocycles. The van der Waals surface area contributed by atoms with E-state index in [9.17, 15) is 0 Å². The van der Waals surface area contributed by atoms with Gasteiger partial charge in [0, 0.05) is 20.3 Å². The molecule has 1 saturated carbocycles. The topological polar surface area (TPSA) is 18.5 Å². The van der Waals surface area contributed by atoms with Crippen molar-refractivity contribution in [1.82, 2.24) is 0 Å². The molecule has 1 aliphatic carbocycles. The van der Waals surface area contributed by atoms with Crippen LogP contribution in [0, 0.1) is 23.7 Å². The summed E-state index contributed by atoms with van der Waals surface area (Å²) in [6.45, 7) is 9.01. The fraction of sp³-hybridized carbons (Fsp3) is 1.00. The molecule has 0 spiro atoms. The molecular weight excluding hydrogens is 212 g/mol. The average molecular weight is 240 g/mol. The van der Waals surface area contributed by atoms with Crippen LogP contribution in [0.4, 0.5) is 0 Å². The predicted molar refractivity (Wildman–Crippen MR) is 70.0 cm³/mol. The second-order valence-corrected chi connectivity index (χ2v) is 6.44. The second kappa shape index (κ2) is 5.27. The summed E-state index contributed by atoms with van der Waals surface area (Å²) in [5.41, 5.74) is 0.221. The summed E-state index contributed by atoms with van der Waals surface area (Å²) in [6, 6.07) is 0. The lowest BCUT2D eigenvalue weighted by Crippen LogP contribution is -2.35. The quantitative estimate of drug-likeness (QED) is 0.732. The summed E-state index contributed by atoms with van der Waals surface area (Å²) < 4.78 is 11.4. The van der Waals surface area contributed by atoms with E-state index in [1.807, 2.05) is 7.11 Å². The van der Waals surface area contributed by atoms with Crippen LogP contribution < -0.4 is 0 Å². The normalized spacial score (nSPS) is 33.7. The molecule has 1 saturated heterocycles. The monoisotopic (exact) mass is 240 g/mol. The summed E-state index contributed by atoms with van der Waals surface area (Å²) >= 11 is 0. The van der Waals surface area contributed by atoms with Gasteiger partial charge in [-0.2, -0.15) is 0 Å². The predicted octanol–water partition coefficient (Wildman–Crippen LogP) is 3.50. The van der Waals surface area contributed by atoms with E-state index in [4.69, 9.17) is 9.47 Å². The molecule has 0 bridgehead atoms. The first-order chi connectivity index (χ1) is 8.09. The van der Waals surface area contributed by atoms with Crippen molar-refractivity contribution in [2.24, 2.45) is 23.7 Å². The molecule has 2 heteroatoms. The Kier molecular flexibility index (Phi) is 4.14. The van der Waals surface area contributed by atoms with E-state index in [0.717, 1.165) is 31.0 Å². The third-order valence-corrected chi connectivity index (χ3v) is 5.09. The number of ether oxygens (including phenoxy) is 2. The van der Waals surface area contributed by atoms with Gasteiger partial charge in [0.05, 0.1) is 5.60 Å². The molecule has 0 aromatic carbocycles. The highest BCUT2D eigenvalue weighted by Crippen LogP contribution is 2.49. The van der Waals surface area contributed by atoms with Crippen molar-refractivity contribution in [1.29, 1.82) is 0 Å². The Balaban J connectivity index is 1.91. The first-order valence-corrected chi connectivity index (χ1v) is 7.22. The summed E-state index contributed by atoms with van der Waals surface area (Å²) in [6.07, 6.45) is 5.03. The molecule has 0 N–H and O–H groups in total. The smallest absolute Gasteiger partial charge is 0.0706 e. The van der Waals surface area contributed by atoms with Gasteiger partial charge in [-0.3, -0.25) is 0 Å². The Morgan fingerprint density at radius 1 is 1.29 bits per heavy atom. The van der Waals surface area contributed by atoms with Crippen molar-refractivity contribution < 1.29 is 9.47 Å². The summed E-state index contributed by atoms with van der Waals surface area (Å²) in [5, 5.41) is 0. The Labute approximate surface area is 106 Å². The Bertz CT molecular complexity index is 245. The largest absolute Gasteiger partial charge is 0.381 e. The van der Waals surface area contributed by atoms with Crippen molar-refractivity contribution in [3.63, 3.8) is 0 Å². The van der Waals surface area contributed by atoms with Crippen LogP contribution in [-0.2, 0) is 9.47 Å². The van der Waals surface area contributed by atoms with Gasteiger partial charge in [0.2, 0.25) is 0 Å². The fourth-order valence-electron chi connectivity index (χ4n) is 3.62. The van der Waals surface area contributed by atoms with E-state index < -0.39 is 0 Å². The molecule has 3 unspecified atom stereocenters. The highest BCUT2D eigenvalue weighted by atomic mass is 16.5. The molecule has 0 radical (unpaired) electrons. The number of rotatable bonds is 5. The van der Waals surface area contributed by atoms with Gasteiger partial charge in [-0.25, -0.2) is 0 Å². The fourth-order valence-corrected chi connectivity index (χ4v) is 3.62.